The number of anilines is 1. The molecule has 6 nitrogen and oxygen atoms in total. The number of aromatic nitrogens is 1. The Morgan fingerprint density at radius 3 is 2.69 bits per heavy atom. The molecule has 3 N–H and O–H groups in total. The smallest absolute Gasteiger partial charge is 0.270 e. The number of nitrogens with one attached hydrogen (secondary N) is 3. The summed E-state index contributed by atoms with van der Waals surface area (Å²) in [5, 5.41) is 7.70. The van der Waals surface area contributed by atoms with E-state index in [0.29, 0.717) is 5.82 Å². The molecule has 0 aliphatic heterocycles. The average Bonchev–Trinajstić information content (AvgIpc) is 2.35. The minimum absolute atomic E-state index is 0.0548. The SMILES string of the molecule is CNC(=O)CNC(=O)c1cccc(NC)n1. The maximum absolute atomic E-state index is 11.6. The van der Waals surface area contributed by atoms with E-state index in [1.165, 1.54) is 7.05 Å². The number of pyridine rings is 1. The molecule has 1 heterocycles. The van der Waals surface area contributed by atoms with Crippen LogP contribution in [-0.2, 0) is 4.79 Å². The van der Waals surface area contributed by atoms with Crippen molar-refractivity contribution in [3.63, 3.8) is 0 Å². The molecule has 0 radical (unpaired) electrons. The van der Waals surface area contributed by atoms with E-state index in [1.54, 1.807) is 25.2 Å². The van der Waals surface area contributed by atoms with Crippen LogP contribution in [0.3, 0.4) is 0 Å². The van der Waals surface area contributed by atoms with Gasteiger partial charge in [-0.1, -0.05) is 6.07 Å². The Labute approximate surface area is 93.4 Å². The summed E-state index contributed by atoms with van der Waals surface area (Å²) in [6.07, 6.45) is 0. The lowest BCUT2D eigenvalue weighted by Crippen LogP contribution is -2.35. The largest absolute Gasteiger partial charge is 0.373 e. The second-order valence-corrected chi connectivity index (χ2v) is 3.01. The molecule has 1 aromatic heterocycles. The molecule has 0 saturated heterocycles. The standard InChI is InChI=1S/C10H14N4O2/c1-11-8-5-3-4-7(14-8)10(16)13-6-9(15)12-2/h3-5H,6H2,1-2H3,(H,11,14)(H,12,15)(H,13,16). The Hall–Kier alpha value is -2.11. The van der Waals surface area contributed by atoms with Gasteiger partial charge in [-0.15, -0.1) is 0 Å². The lowest BCUT2D eigenvalue weighted by Gasteiger charge is -2.05. The van der Waals surface area contributed by atoms with Gasteiger partial charge in [-0.2, -0.15) is 0 Å². The van der Waals surface area contributed by atoms with Crippen LogP contribution in [0.5, 0.6) is 0 Å². The summed E-state index contributed by atoms with van der Waals surface area (Å²) in [5.41, 5.74) is 0.274. The predicted molar refractivity (Wildman–Crippen MR) is 60.2 cm³/mol. The van der Waals surface area contributed by atoms with Crippen LogP contribution in [0.4, 0.5) is 5.82 Å². The second kappa shape index (κ2) is 5.69. The summed E-state index contributed by atoms with van der Waals surface area (Å²) in [5.74, 6) is -0.0218. The molecule has 0 bridgehead atoms. The van der Waals surface area contributed by atoms with Gasteiger partial charge in [0.15, 0.2) is 0 Å². The van der Waals surface area contributed by atoms with Crippen LogP contribution in [0.1, 0.15) is 10.5 Å². The van der Waals surface area contributed by atoms with Gasteiger partial charge in [0.25, 0.3) is 5.91 Å². The number of likely N-dealkylation sites (N-methyl/N-ethyl adjacent to an activating group) is 1. The Kier molecular flexibility index (Phi) is 4.26. The van der Waals surface area contributed by atoms with Crippen LogP contribution in [-0.4, -0.2) is 37.4 Å². The summed E-state index contributed by atoms with van der Waals surface area (Å²) >= 11 is 0. The minimum Gasteiger partial charge on any atom is -0.373 e. The van der Waals surface area contributed by atoms with Gasteiger partial charge in [0.1, 0.15) is 11.5 Å². The third kappa shape index (κ3) is 3.23. The number of hydrogen-bond acceptors (Lipinski definition) is 4. The monoisotopic (exact) mass is 222 g/mol. The lowest BCUT2D eigenvalue weighted by molar-refractivity contribution is -0.119. The molecule has 0 aliphatic rings. The van der Waals surface area contributed by atoms with Crippen LogP contribution in [0.15, 0.2) is 18.2 Å². The summed E-state index contributed by atoms with van der Waals surface area (Å²) in [4.78, 5) is 26.5. The Bertz CT molecular complexity index is 392. The molecule has 0 atom stereocenters. The topological polar surface area (TPSA) is 83.1 Å². The molecule has 0 aliphatic carbocycles. The van der Waals surface area contributed by atoms with E-state index in [2.05, 4.69) is 20.9 Å². The van der Waals surface area contributed by atoms with Crippen molar-refractivity contribution in [3.05, 3.63) is 23.9 Å². The highest BCUT2D eigenvalue weighted by molar-refractivity contribution is 5.95. The van der Waals surface area contributed by atoms with Gasteiger partial charge in [0.2, 0.25) is 5.91 Å². The van der Waals surface area contributed by atoms with Crippen LogP contribution >= 0.6 is 0 Å². The highest BCUT2D eigenvalue weighted by Gasteiger charge is 2.08. The molecule has 1 rings (SSSR count). The number of hydrogen-bond donors (Lipinski definition) is 3. The molecular weight excluding hydrogens is 208 g/mol. The molecule has 0 aromatic carbocycles. The van der Waals surface area contributed by atoms with E-state index >= 15 is 0 Å². The Morgan fingerprint density at radius 1 is 1.31 bits per heavy atom. The number of nitrogens with zero attached hydrogens (tertiary/aromatic N) is 1. The number of carbonyl (C=O) groups is 2. The summed E-state index contributed by atoms with van der Waals surface area (Å²) in [7, 11) is 3.23. The molecule has 6 heteroatoms. The lowest BCUT2D eigenvalue weighted by atomic mass is 10.3. The highest BCUT2D eigenvalue weighted by atomic mass is 16.2. The molecule has 0 unspecified atom stereocenters. The van der Waals surface area contributed by atoms with Crippen molar-refractivity contribution in [1.29, 1.82) is 0 Å². The van der Waals surface area contributed by atoms with Crippen LogP contribution < -0.4 is 16.0 Å². The molecule has 0 fully saturated rings. The van der Waals surface area contributed by atoms with Crippen molar-refractivity contribution in [2.45, 2.75) is 0 Å². The fraction of sp³-hybridized carbons (Fsp3) is 0.300. The van der Waals surface area contributed by atoms with Crippen LogP contribution in [0.25, 0.3) is 0 Å². The predicted octanol–water partition coefficient (Wildman–Crippen LogP) is -0.401. The molecule has 0 spiro atoms. The molecule has 1 aromatic rings. The number of rotatable bonds is 4. The van der Waals surface area contributed by atoms with E-state index < -0.39 is 0 Å². The van der Waals surface area contributed by atoms with E-state index in [0.717, 1.165) is 0 Å². The summed E-state index contributed by atoms with van der Waals surface area (Å²) < 4.78 is 0. The first-order valence-corrected chi connectivity index (χ1v) is 4.81. The first-order chi connectivity index (χ1) is 7.67. The first kappa shape index (κ1) is 12.0. The van der Waals surface area contributed by atoms with Gasteiger partial charge in [-0.25, -0.2) is 4.98 Å². The molecule has 0 saturated carbocycles. The van der Waals surface area contributed by atoms with E-state index in [4.69, 9.17) is 0 Å². The van der Waals surface area contributed by atoms with E-state index in [1.807, 2.05) is 0 Å². The van der Waals surface area contributed by atoms with Gasteiger partial charge < -0.3 is 16.0 Å². The summed E-state index contributed by atoms with van der Waals surface area (Å²) in [6.45, 7) is -0.0548. The minimum atomic E-state index is -0.374. The normalized spacial score (nSPS) is 9.38. The third-order valence-corrected chi connectivity index (χ3v) is 1.93. The average molecular weight is 222 g/mol. The Morgan fingerprint density at radius 2 is 2.06 bits per heavy atom. The zero-order chi connectivity index (χ0) is 12.0. The van der Waals surface area contributed by atoms with Gasteiger partial charge in [0, 0.05) is 14.1 Å². The number of carbonyl (C=O) groups excluding carboxylic acids is 2. The zero-order valence-electron chi connectivity index (χ0n) is 9.20. The fourth-order valence-electron chi connectivity index (χ4n) is 1.04. The van der Waals surface area contributed by atoms with E-state index in [9.17, 15) is 9.59 Å². The molecule has 16 heavy (non-hydrogen) atoms. The van der Waals surface area contributed by atoms with Crippen molar-refractivity contribution in [1.82, 2.24) is 15.6 Å². The quantitative estimate of drug-likeness (QED) is 0.647. The first-order valence-electron chi connectivity index (χ1n) is 4.81. The van der Waals surface area contributed by atoms with E-state index in [-0.39, 0.29) is 24.1 Å². The van der Waals surface area contributed by atoms with Crippen molar-refractivity contribution in [2.24, 2.45) is 0 Å². The van der Waals surface area contributed by atoms with Gasteiger partial charge in [-0.3, -0.25) is 9.59 Å². The van der Waals surface area contributed by atoms with Crippen molar-refractivity contribution >= 4 is 17.6 Å². The van der Waals surface area contributed by atoms with Crippen molar-refractivity contribution in [2.75, 3.05) is 26.0 Å². The summed E-state index contributed by atoms with van der Waals surface area (Å²) in [6, 6.07) is 5.04. The van der Waals surface area contributed by atoms with Crippen LogP contribution in [0.2, 0.25) is 0 Å². The maximum Gasteiger partial charge on any atom is 0.270 e. The van der Waals surface area contributed by atoms with Crippen molar-refractivity contribution < 1.29 is 9.59 Å². The second-order valence-electron chi connectivity index (χ2n) is 3.01. The highest BCUT2D eigenvalue weighted by Crippen LogP contribution is 2.03. The fourth-order valence-corrected chi connectivity index (χ4v) is 1.04. The van der Waals surface area contributed by atoms with Crippen LogP contribution in [0, 0.1) is 0 Å². The Balaban J connectivity index is 2.62. The molecular formula is C10H14N4O2. The molecule has 86 valence electrons. The number of amides is 2. The molecule has 2 amide bonds. The van der Waals surface area contributed by atoms with Gasteiger partial charge in [0.05, 0.1) is 6.54 Å². The van der Waals surface area contributed by atoms with Gasteiger partial charge in [-0.05, 0) is 12.1 Å². The maximum atomic E-state index is 11.6. The van der Waals surface area contributed by atoms with Crippen molar-refractivity contribution in [3.8, 4) is 0 Å². The van der Waals surface area contributed by atoms with Gasteiger partial charge >= 0.3 is 0 Å². The zero-order valence-corrected chi connectivity index (χ0v) is 9.20. The third-order valence-electron chi connectivity index (χ3n) is 1.93.